The van der Waals surface area contributed by atoms with E-state index in [2.05, 4.69) is 205 Å². The van der Waals surface area contributed by atoms with Crippen molar-refractivity contribution in [3.8, 4) is 61.3 Å². The van der Waals surface area contributed by atoms with E-state index in [1.54, 1.807) is 4.80 Å². The van der Waals surface area contributed by atoms with E-state index in [0.717, 1.165) is 39.0 Å². The molecule has 0 spiro atoms. The highest BCUT2D eigenvalue weighted by Crippen LogP contribution is 2.46. The average molecular weight is 777 g/mol. The van der Waals surface area contributed by atoms with Crippen molar-refractivity contribution in [3.05, 3.63) is 219 Å². The number of hydrogen-bond donors (Lipinski definition) is 0. The maximum absolute atomic E-state index is 5.04. The molecule has 0 amide bonds. The smallest absolute Gasteiger partial charge is 0.114 e. The van der Waals surface area contributed by atoms with Crippen molar-refractivity contribution in [3.63, 3.8) is 0 Å². The SMILES string of the molecule is c1ccc(-c2c3ccccc3c(-c3ccccc3)c3cc(-c4ccc5nn(-c6ccc(-c7c8ccccc8c(-c8cccnc8)c8ccccc78)cc6)nc5c4)ccc23)cc1. The van der Waals surface area contributed by atoms with Crippen LogP contribution in [0.3, 0.4) is 0 Å². The summed E-state index contributed by atoms with van der Waals surface area (Å²) >= 11 is 0. The first-order chi connectivity index (χ1) is 30.3. The van der Waals surface area contributed by atoms with Crippen molar-refractivity contribution in [2.24, 2.45) is 0 Å². The van der Waals surface area contributed by atoms with Crippen molar-refractivity contribution in [1.29, 1.82) is 0 Å². The van der Waals surface area contributed by atoms with Gasteiger partial charge in [-0.1, -0.05) is 170 Å². The number of hydrogen-bond acceptors (Lipinski definition) is 3. The summed E-state index contributed by atoms with van der Waals surface area (Å²) in [5.41, 5.74) is 14.4. The lowest BCUT2D eigenvalue weighted by atomic mass is 9.85. The molecule has 10 aromatic carbocycles. The Kier molecular flexibility index (Phi) is 8.13. The fourth-order valence-corrected chi connectivity index (χ4v) is 9.42. The maximum Gasteiger partial charge on any atom is 0.114 e. The Morgan fingerprint density at radius 3 is 1.23 bits per heavy atom. The van der Waals surface area contributed by atoms with Crippen molar-refractivity contribution in [1.82, 2.24) is 20.0 Å². The third-order valence-corrected chi connectivity index (χ3v) is 12.1. The molecule has 0 bridgehead atoms. The van der Waals surface area contributed by atoms with Crippen LogP contribution in [0.5, 0.6) is 0 Å². The lowest BCUT2D eigenvalue weighted by molar-refractivity contribution is 0.766. The zero-order valence-electron chi connectivity index (χ0n) is 33.1. The molecule has 0 fully saturated rings. The molecule has 0 unspecified atom stereocenters. The molecule has 0 aliphatic heterocycles. The monoisotopic (exact) mass is 776 g/mol. The van der Waals surface area contributed by atoms with E-state index in [4.69, 9.17) is 10.2 Å². The van der Waals surface area contributed by atoms with Crippen LogP contribution in [0.2, 0.25) is 0 Å². The summed E-state index contributed by atoms with van der Waals surface area (Å²) in [4.78, 5) is 6.22. The molecular weight excluding hydrogens is 741 g/mol. The van der Waals surface area contributed by atoms with Crippen LogP contribution in [0.25, 0.3) is 115 Å². The van der Waals surface area contributed by atoms with Crippen molar-refractivity contribution in [2.75, 3.05) is 0 Å². The van der Waals surface area contributed by atoms with Gasteiger partial charge in [0.1, 0.15) is 11.0 Å². The van der Waals surface area contributed by atoms with E-state index in [9.17, 15) is 0 Å². The van der Waals surface area contributed by atoms with Gasteiger partial charge in [-0.2, -0.15) is 4.80 Å². The molecule has 0 saturated carbocycles. The summed E-state index contributed by atoms with van der Waals surface area (Å²) in [6.07, 6.45) is 3.79. The predicted octanol–water partition coefficient (Wildman–Crippen LogP) is 14.8. The van der Waals surface area contributed by atoms with E-state index in [1.165, 1.54) is 76.5 Å². The van der Waals surface area contributed by atoms with Gasteiger partial charge in [0.2, 0.25) is 0 Å². The molecule has 2 aromatic heterocycles. The van der Waals surface area contributed by atoms with E-state index in [-0.39, 0.29) is 0 Å². The normalized spacial score (nSPS) is 11.6. The lowest BCUT2D eigenvalue weighted by Crippen LogP contribution is -1.98. The molecule has 0 saturated heterocycles. The third kappa shape index (κ3) is 5.80. The predicted molar refractivity (Wildman–Crippen MR) is 254 cm³/mol. The van der Waals surface area contributed by atoms with Gasteiger partial charge in [-0.05, 0) is 130 Å². The summed E-state index contributed by atoms with van der Waals surface area (Å²) in [7, 11) is 0. The largest absolute Gasteiger partial charge is 0.264 e. The van der Waals surface area contributed by atoms with Crippen LogP contribution in [-0.4, -0.2) is 20.0 Å². The first-order valence-corrected chi connectivity index (χ1v) is 20.7. The lowest BCUT2D eigenvalue weighted by Gasteiger charge is -2.18. The summed E-state index contributed by atoms with van der Waals surface area (Å²) in [5.74, 6) is 0. The van der Waals surface area contributed by atoms with Crippen LogP contribution in [0.1, 0.15) is 0 Å². The summed E-state index contributed by atoms with van der Waals surface area (Å²) in [6, 6.07) is 73.8. The molecular formula is C57H36N4. The van der Waals surface area contributed by atoms with Crippen molar-refractivity contribution in [2.45, 2.75) is 0 Å². The highest BCUT2D eigenvalue weighted by molar-refractivity contribution is 6.23. The van der Waals surface area contributed by atoms with E-state index >= 15 is 0 Å². The number of nitrogens with zero attached hydrogens (tertiary/aromatic N) is 4. The number of aromatic nitrogens is 4. The van der Waals surface area contributed by atoms with E-state index in [0.29, 0.717) is 0 Å². The molecule has 0 N–H and O–H groups in total. The number of benzene rings is 10. The van der Waals surface area contributed by atoms with E-state index in [1.807, 2.05) is 18.5 Å². The molecule has 0 radical (unpaired) electrons. The van der Waals surface area contributed by atoms with Crippen LogP contribution < -0.4 is 0 Å². The fraction of sp³-hybridized carbons (Fsp3) is 0. The zero-order valence-corrected chi connectivity index (χ0v) is 33.1. The minimum atomic E-state index is 0.844. The fourth-order valence-electron chi connectivity index (χ4n) is 9.42. The zero-order chi connectivity index (χ0) is 40.3. The first kappa shape index (κ1) is 34.8. The second-order valence-electron chi connectivity index (χ2n) is 15.6. The van der Waals surface area contributed by atoms with Gasteiger partial charge in [-0.15, -0.1) is 10.2 Å². The highest BCUT2D eigenvalue weighted by atomic mass is 15.5. The molecule has 61 heavy (non-hydrogen) atoms. The molecule has 284 valence electrons. The summed E-state index contributed by atoms with van der Waals surface area (Å²) < 4.78 is 0. The quantitative estimate of drug-likeness (QED) is 0.158. The minimum Gasteiger partial charge on any atom is -0.264 e. The summed E-state index contributed by atoms with van der Waals surface area (Å²) in [5, 5.41) is 19.7. The van der Waals surface area contributed by atoms with Gasteiger partial charge < -0.3 is 0 Å². The van der Waals surface area contributed by atoms with Crippen LogP contribution in [0, 0.1) is 0 Å². The molecule has 2 heterocycles. The molecule has 4 heteroatoms. The molecule has 12 rings (SSSR count). The molecule has 0 aliphatic carbocycles. The molecule has 12 aromatic rings. The molecule has 0 aliphatic rings. The van der Waals surface area contributed by atoms with Gasteiger partial charge in [-0.25, -0.2) is 0 Å². The van der Waals surface area contributed by atoms with Crippen LogP contribution in [0.15, 0.2) is 219 Å². The minimum absolute atomic E-state index is 0.844. The number of fused-ring (bicyclic) bond motifs is 5. The molecule has 4 nitrogen and oxygen atoms in total. The van der Waals surface area contributed by atoms with Gasteiger partial charge in [0.05, 0.1) is 5.69 Å². The Balaban J connectivity index is 0.954. The van der Waals surface area contributed by atoms with Gasteiger partial charge in [0.25, 0.3) is 0 Å². The second-order valence-corrected chi connectivity index (χ2v) is 15.6. The Labute approximate surface area is 352 Å². The Hall–Kier alpha value is -8.21. The second kappa shape index (κ2) is 14.3. The molecule has 0 atom stereocenters. The van der Waals surface area contributed by atoms with Crippen LogP contribution in [-0.2, 0) is 0 Å². The Morgan fingerprint density at radius 2 is 0.689 bits per heavy atom. The number of pyridine rings is 1. The average Bonchev–Trinajstić information content (AvgIpc) is 3.77. The topological polar surface area (TPSA) is 43.6 Å². The first-order valence-electron chi connectivity index (χ1n) is 20.7. The van der Waals surface area contributed by atoms with Gasteiger partial charge in [0.15, 0.2) is 0 Å². The van der Waals surface area contributed by atoms with Crippen LogP contribution in [0.4, 0.5) is 0 Å². The van der Waals surface area contributed by atoms with Crippen LogP contribution >= 0.6 is 0 Å². The van der Waals surface area contributed by atoms with Gasteiger partial charge >= 0.3 is 0 Å². The Bertz CT molecular complexity index is 3560. The third-order valence-electron chi connectivity index (χ3n) is 12.1. The maximum atomic E-state index is 5.04. The van der Waals surface area contributed by atoms with Crippen molar-refractivity contribution >= 4 is 54.1 Å². The van der Waals surface area contributed by atoms with Gasteiger partial charge in [-0.3, -0.25) is 4.98 Å². The van der Waals surface area contributed by atoms with Gasteiger partial charge in [0, 0.05) is 18.0 Å². The summed E-state index contributed by atoms with van der Waals surface area (Å²) in [6.45, 7) is 0. The standard InChI is InChI=1S/C57H36N4/c1-3-14-37(15-4-1)54-44-19-7-10-22-47(44)56(38-16-5-2-6-17-38)51-34-40(27-31-50(51)54)41-28-32-52-53(35-41)60-61(59-52)43-29-25-39(26-30-43)55-45-20-8-11-23-48(45)57(42-18-13-33-58-36-42)49-24-12-9-21-46(49)55/h1-36H. The number of rotatable bonds is 6. The van der Waals surface area contributed by atoms with Crippen molar-refractivity contribution < 1.29 is 0 Å². The van der Waals surface area contributed by atoms with E-state index < -0.39 is 0 Å². The highest BCUT2D eigenvalue weighted by Gasteiger charge is 2.19. The Morgan fingerprint density at radius 1 is 0.279 bits per heavy atom.